The van der Waals surface area contributed by atoms with Crippen molar-refractivity contribution in [1.29, 1.82) is 0 Å². The Morgan fingerprint density at radius 2 is 2.13 bits per heavy atom. The van der Waals surface area contributed by atoms with Gasteiger partial charge in [-0.3, -0.25) is 4.79 Å². The van der Waals surface area contributed by atoms with Crippen molar-refractivity contribution in [2.45, 2.75) is 24.2 Å². The summed E-state index contributed by atoms with van der Waals surface area (Å²) in [4.78, 5) is 15.4. The van der Waals surface area contributed by atoms with Gasteiger partial charge in [0.25, 0.3) is 0 Å². The average molecular weight is 350 g/mol. The summed E-state index contributed by atoms with van der Waals surface area (Å²) in [6.07, 6.45) is 9.05. The van der Waals surface area contributed by atoms with E-state index in [1.54, 1.807) is 28.8 Å². The summed E-state index contributed by atoms with van der Waals surface area (Å²) < 4.78 is 22.8. The molecule has 2 N–H and O–H groups in total. The van der Waals surface area contributed by atoms with Crippen LogP contribution in [-0.2, 0) is 21.2 Å². The van der Waals surface area contributed by atoms with Crippen LogP contribution in [0.25, 0.3) is 0 Å². The molecule has 0 aromatic heterocycles. The van der Waals surface area contributed by atoms with E-state index in [0.717, 1.165) is 29.0 Å². The molecule has 2 aliphatic rings. The van der Waals surface area contributed by atoms with Crippen LogP contribution in [-0.4, -0.2) is 26.6 Å². The van der Waals surface area contributed by atoms with Crippen molar-refractivity contribution in [1.82, 2.24) is 0 Å². The molecule has 0 unspecified atom stereocenters. The van der Waals surface area contributed by atoms with Crippen molar-refractivity contribution >= 4 is 33.4 Å². The van der Waals surface area contributed by atoms with Crippen LogP contribution in [0.2, 0.25) is 0 Å². The SMILES string of the molecule is NS(=O)(=O)c1ccc2c(c1)CCN2C(=O)CSC1=CCCC=C1. The molecule has 122 valence electrons. The zero-order chi connectivity index (χ0) is 16.4. The molecular weight excluding hydrogens is 332 g/mol. The van der Waals surface area contributed by atoms with Gasteiger partial charge in [-0.05, 0) is 43.0 Å². The van der Waals surface area contributed by atoms with Gasteiger partial charge >= 0.3 is 0 Å². The molecule has 5 nitrogen and oxygen atoms in total. The van der Waals surface area contributed by atoms with Gasteiger partial charge < -0.3 is 4.90 Å². The Morgan fingerprint density at radius 3 is 2.83 bits per heavy atom. The van der Waals surface area contributed by atoms with Crippen LogP contribution in [0.4, 0.5) is 5.69 Å². The lowest BCUT2D eigenvalue weighted by molar-refractivity contribution is -0.116. The van der Waals surface area contributed by atoms with Gasteiger partial charge in [0.05, 0.1) is 10.6 Å². The molecule has 0 atom stereocenters. The highest BCUT2D eigenvalue weighted by atomic mass is 32.2. The largest absolute Gasteiger partial charge is 0.311 e. The monoisotopic (exact) mass is 350 g/mol. The number of primary sulfonamides is 1. The maximum atomic E-state index is 12.4. The number of thioether (sulfide) groups is 1. The molecule has 3 rings (SSSR count). The average Bonchev–Trinajstić information content (AvgIpc) is 2.96. The van der Waals surface area contributed by atoms with Gasteiger partial charge in [0, 0.05) is 17.1 Å². The second-order valence-electron chi connectivity index (χ2n) is 5.51. The van der Waals surface area contributed by atoms with Crippen LogP contribution in [0.15, 0.2) is 46.2 Å². The summed E-state index contributed by atoms with van der Waals surface area (Å²) in [6.45, 7) is 0.581. The van der Waals surface area contributed by atoms with E-state index in [9.17, 15) is 13.2 Å². The van der Waals surface area contributed by atoms with Crippen LogP contribution >= 0.6 is 11.8 Å². The molecule has 1 amide bonds. The number of benzene rings is 1. The Balaban J connectivity index is 1.71. The molecule has 23 heavy (non-hydrogen) atoms. The molecule has 0 radical (unpaired) electrons. The molecular formula is C16H18N2O3S2. The van der Waals surface area contributed by atoms with Crippen molar-refractivity contribution in [2.24, 2.45) is 5.14 Å². The summed E-state index contributed by atoms with van der Waals surface area (Å²) in [5.74, 6) is 0.420. The van der Waals surface area contributed by atoms with Crippen LogP contribution in [0, 0.1) is 0 Å². The number of carbonyl (C=O) groups is 1. The van der Waals surface area contributed by atoms with Gasteiger partial charge in [-0.1, -0.05) is 18.2 Å². The molecule has 1 aliphatic carbocycles. The fourth-order valence-electron chi connectivity index (χ4n) is 2.73. The molecule has 0 spiro atoms. The Bertz CT molecular complexity index is 798. The van der Waals surface area contributed by atoms with E-state index in [1.165, 1.54) is 6.07 Å². The zero-order valence-corrected chi connectivity index (χ0v) is 14.2. The number of nitrogens with zero attached hydrogens (tertiary/aromatic N) is 1. The van der Waals surface area contributed by atoms with Gasteiger partial charge in [0.1, 0.15) is 0 Å². The van der Waals surface area contributed by atoms with Crippen molar-refractivity contribution in [2.75, 3.05) is 17.2 Å². The van der Waals surface area contributed by atoms with Crippen molar-refractivity contribution in [3.05, 3.63) is 46.9 Å². The number of anilines is 1. The topological polar surface area (TPSA) is 80.5 Å². The lowest BCUT2D eigenvalue weighted by Gasteiger charge is -2.17. The summed E-state index contributed by atoms with van der Waals surface area (Å²) in [7, 11) is -3.71. The highest BCUT2D eigenvalue weighted by Crippen LogP contribution is 2.31. The van der Waals surface area contributed by atoms with Gasteiger partial charge in [0.15, 0.2) is 0 Å². The first-order valence-corrected chi connectivity index (χ1v) is 9.94. The molecule has 1 aliphatic heterocycles. The van der Waals surface area contributed by atoms with Gasteiger partial charge in [-0.2, -0.15) is 0 Å². The zero-order valence-electron chi connectivity index (χ0n) is 12.6. The van der Waals surface area contributed by atoms with Gasteiger partial charge in [-0.25, -0.2) is 13.6 Å². The van der Waals surface area contributed by atoms with E-state index in [1.807, 2.05) is 0 Å². The molecule has 7 heteroatoms. The summed E-state index contributed by atoms with van der Waals surface area (Å²) in [5.41, 5.74) is 1.64. The number of nitrogens with two attached hydrogens (primary N) is 1. The van der Waals surface area contributed by atoms with E-state index < -0.39 is 10.0 Å². The third-order valence-electron chi connectivity index (χ3n) is 3.90. The first-order valence-electron chi connectivity index (χ1n) is 7.41. The molecule has 0 bridgehead atoms. The van der Waals surface area contributed by atoms with E-state index >= 15 is 0 Å². The Kier molecular flexibility index (Phi) is 4.61. The molecule has 1 heterocycles. The van der Waals surface area contributed by atoms with E-state index in [-0.39, 0.29) is 10.8 Å². The fraction of sp³-hybridized carbons (Fsp3) is 0.312. The van der Waals surface area contributed by atoms with Crippen molar-refractivity contribution < 1.29 is 13.2 Å². The van der Waals surface area contributed by atoms with Crippen molar-refractivity contribution in [3.63, 3.8) is 0 Å². The van der Waals surface area contributed by atoms with Crippen LogP contribution in [0.5, 0.6) is 0 Å². The Morgan fingerprint density at radius 1 is 1.30 bits per heavy atom. The first-order chi connectivity index (χ1) is 10.9. The number of fused-ring (bicyclic) bond motifs is 1. The van der Waals surface area contributed by atoms with Crippen LogP contribution in [0.1, 0.15) is 18.4 Å². The smallest absolute Gasteiger partial charge is 0.238 e. The lowest BCUT2D eigenvalue weighted by atomic mass is 10.2. The Hall–Kier alpha value is -1.57. The summed E-state index contributed by atoms with van der Waals surface area (Å²) in [5, 5.41) is 5.15. The maximum Gasteiger partial charge on any atom is 0.238 e. The molecule has 0 fully saturated rings. The predicted octanol–water partition coefficient (Wildman–Crippen LogP) is 2.19. The van der Waals surface area contributed by atoms with E-state index in [4.69, 9.17) is 5.14 Å². The molecule has 1 aromatic carbocycles. The molecule has 0 saturated heterocycles. The quantitative estimate of drug-likeness (QED) is 0.902. The minimum absolute atomic E-state index is 0.0389. The van der Waals surface area contributed by atoms with Gasteiger partial charge in [0.2, 0.25) is 15.9 Å². The second-order valence-corrected chi connectivity index (χ2v) is 8.12. The number of amides is 1. The van der Waals surface area contributed by atoms with Crippen LogP contribution in [0.3, 0.4) is 0 Å². The summed E-state index contributed by atoms with van der Waals surface area (Å²) in [6, 6.07) is 4.70. The standard InChI is InChI=1S/C16H18N2O3S2/c17-23(20,21)14-6-7-15-12(10-14)8-9-18(15)16(19)11-22-13-4-2-1-3-5-13/h2,4-7,10H,1,3,8-9,11H2,(H2,17,20,21). The predicted molar refractivity (Wildman–Crippen MR) is 92.8 cm³/mol. The minimum Gasteiger partial charge on any atom is -0.311 e. The third kappa shape index (κ3) is 3.68. The normalized spacial score (nSPS) is 17.1. The highest BCUT2D eigenvalue weighted by molar-refractivity contribution is 8.03. The third-order valence-corrected chi connectivity index (χ3v) is 5.84. The molecule has 0 saturated carbocycles. The highest BCUT2D eigenvalue weighted by Gasteiger charge is 2.26. The first kappa shape index (κ1) is 16.3. The second kappa shape index (κ2) is 6.51. The maximum absolute atomic E-state index is 12.4. The number of hydrogen-bond donors (Lipinski definition) is 1. The van der Waals surface area contributed by atoms with Crippen LogP contribution < -0.4 is 10.0 Å². The van der Waals surface area contributed by atoms with E-state index in [0.29, 0.717) is 18.7 Å². The lowest BCUT2D eigenvalue weighted by Crippen LogP contribution is -2.30. The number of hydrogen-bond acceptors (Lipinski definition) is 4. The number of allylic oxidation sites excluding steroid dienone is 3. The number of rotatable bonds is 4. The summed E-state index contributed by atoms with van der Waals surface area (Å²) >= 11 is 1.54. The minimum atomic E-state index is -3.71. The number of sulfonamides is 1. The van der Waals surface area contributed by atoms with Crippen molar-refractivity contribution in [3.8, 4) is 0 Å². The molecule has 1 aromatic rings. The fourth-order valence-corrected chi connectivity index (χ4v) is 4.17. The van der Waals surface area contributed by atoms with E-state index in [2.05, 4.69) is 18.2 Å². The van der Waals surface area contributed by atoms with Gasteiger partial charge in [-0.15, -0.1) is 11.8 Å². The Labute approximate surface area is 140 Å². The number of carbonyl (C=O) groups excluding carboxylic acids is 1.